The molecule has 1 amide bonds. The van der Waals surface area contributed by atoms with Crippen molar-refractivity contribution in [3.8, 4) is 5.75 Å². The molecule has 0 radical (unpaired) electrons. The molecule has 2 aliphatic heterocycles. The lowest BCUT2D eigenvalue weighted by molar-refractivity contribution is -0.117. The lowest BCUT2D eigenvalue weighted by Gasteiger charge is -2.36. The molecule has 0 atom stereocenters. The fraction of sp³-hybridized carbons (Fsp3) is 0.632. The molecule has 2 saturated heterocycles. The van der Waals surface area contributed by atoms with E-state index in [9.17, 15) is 18.7 Å². The van der Waals surface area contributed by atoms with Crippen LogP contribution in [0.4, 0.5) is 19.3 Å². The smallest absolute Gasteiger partial charge is 0.428 e. The minimum atomic E-state index is -0.699. The summed E-state index contributed by atoms with van der Waals surface area (Å²) in [6.07, 6.45) is 0.239. The summed E-state index contributed by atoms with van der Waals surface area (Å²) < 4.78 is 39.0. The predicted octanol–water partition coefficient (Wildman–Crippen LogP) is 1.62. The van der Waals surface area contributed by atoms with Crippen LogP contribution in [0.25, 0.3) is 0 Å². The van der Waals surface area contributed by atoms with Gasteiger partial charge in [-0.15, -0.1) is 5.06 Å². The summed E-state index contributed by atoms with van der Waals surface area (Å²) in [4.78, 5) is 20.7. The van der Waals surface area contributed by atoms with E-state index < -0.39 is 17.7 Å². The number of hydrogen-bond acceptors (Lipinski definition) is 7. The van der Waals surface area contributed by atoms with Gasteiger partial charge in [0.25, 0.3) is 0 Å². The highest BCUT2D eigenvalue weighted by Crippen LogP contribution is 2.29. The zero-order chi connectivity index (χ0) is 20.8. The molecule has 29 heavy (non-hydrogen) atoms. The average molecular weight is 415 g/mol. The van der Waals surface area contributed by atoms with Crippen LogP contribution in [0.1, 0.15) is 12.8 Å². The zero-order valence-corrected chi connectivity index (χ0v) is 16.5. The van der Waals surface area contributed by atoms with Gasteiger partial charge in [-0.3, -0.25) is 0 Å². The molecule has 0 unspecified atom stereocenters. The third-order valence-electron chi connectivity index (χ3n) is 5.03. The first-order valence-corrected chi connectivity index (χ1v) is 9.73. The molecule has 1 N–H and O–H groups in total. The van der Waals surface area contributed by atoms with Crippen molar-refractivity contribution in [2.24, 2.45) is 0 Å². The number of carbonyl (C=O) groups is 1. The number of aliphatic hydroxyl groups is 1. The van der Waals surface area contributed by atoms with Crippen molar-refractivity contribution in [3.05, 3.63) is 23.8 Å². The standard InChI is InChI=1S/C19H27F2N3O5/c1-27-10-11-28-15-12-16(20)18(17(21)13-15)22-6-8-24(9-7-22)29-19(26)23-4-2-14(25)3-5-23/h12-14,25H,2-11H2,1H3. The van der Waals surface area contributed by atoms with E-state index in [4.69, 9.17) is 14.3 Å². The highest BCUT2D eigenvalue weighted by Gasteiger charge is 2.28. The number of nitrogens with zero attached hydrogens (tertiary/aromatic N) is 3. The molecule has 10 heteroatoms. The number of anilines is 1. The molecule has 0 aliphatic carbocycles. The predicted molar refractivity (Wildman–Crippen MR) is 101 cm³/mol. The molecule has 2 fully saturated rings. The maximum Gasteiger partial charge on any atom is 0.428 e. The lowest BCUT2D eigenvalue weighted by Crippen LogP contribution is -2.50. The van der Waals surface area contributed by atoms with Crippen molar-refractivity contribution in [2.45, 2.75) is 18.9 Å². The van der Waals surface area contributed by atoms with Crippen LogP contribution >= 0.6 is 0 Å². The number of aliphatic hydroxyl groups excluding tert-OH is 1. The van der Waals surface area contributed by atoms with Crippen LogP contribution in [0.5, 0.6) is 5.75 Å². The largest absolute Gasteiger partial charge is 0.491 e. The van der Waals surface area contributed by atoms with Crippen molar-refractivity contribution in [1.29, 1.82) is 0 Å². The fourth-order valence-corrected chi connectivity index (χ4v) is 3.39. The molecule has 8 nitrogen and oxygen atoms in total. The SMILES string of the molecule is COCCOc1cc(F)c(N2CCN(OC(=O)N3CCC(O)CC3)CC2)c(F)c1. The third-order valence-corrected chi connectivity index (χ3v) is 5.03. The summed E-state index contributed by atoms with van der Waals surface area (Å²) >= 11 is 0. The number of methoxy groups -OCH3 is 1. The second kappa shape index (κ2) is 10.0. The molecule has 2 heterocycles. The van der Waals surface area contributed by atoms with Crippen LogP contribution < -0.4 is 9.64 Å². The van der Waals surface area contributed by atoms with Gasteiger partial charge >= 0.3 is 6.09 Å². The quantitative estimate of drug-likeness (QED) is 0.708. The zero-order valence-electron chi connectivity index (χ0n) is 16.5. The number of benzene rings is 1. The summed E-state index contributed by atoms with van der Waals surface area (Å²) in [5, 5.41) is 11.0. The summed E-state index contributed by atoms with van der Waals surface area (Å²) in [5.74, 6) is -1.29. The molecule has 1 aromatic carbocycles. The monoisotopic (exact) mass is 415 g/mol. The van der Waals surface area contributed by atoms with Crippen molar-refractivity contribution >= 4 is 11.8 Å². The van der Waals surface area contributed by atoms with Crippen LogP contribution in [-0.4, -0.2) is 86.9 Å². The highest BCUT2D eigenvalue weighted by molar-refractivity contribution is 5.67. The molecule has 0 aromatic heterocycles. The summed E-state index contributed by atoms with van der Waals surface area (Å²) in [6.45, 7) is 2.70. The Bertz CT molecular complexity index is 669. The van der Waals surface area contributed by atoms with Crippen molar-refractivity contribution in [1.82, 2.24) is 9.96 Å². The van der Waals surface area contributed by atoms with E-state index in [2.05, 4.69) is 0 Å². The highest BCUT2D eigenvalue weighted by atomic mass is 19.1. The van der Waals surface area contributed by atoms with Crippen LogP contribution in [0.15, 0.2) is 12.1 Å². The molecule has 3 rings (SSSR count). The van der Waals surface area contributed by atoms with Crippen molar-refractivity contribution in [2.75, 3.05) is 64.5 Å². The first kappa shape index (κ1) is 21.5. The van der Waals surface area contributed by atoms with Crippen molar-refractivity contribution in [3.63, 3.8) is 0 Å². The van der Waals surface area contributed by atoms with Crippen LogP contribution in [0.2, 0.25) is 0 Å². The van der Waals surface area contributed by atoms with E-state index >= 15 is 0 Å². The van der Waals surface area contributed by atoms with Gasteiger partial charge in [0.15, 0.2) is 11.6 Å². The molecule has 0 spiro atoms. The molecular formula is C19H27F2N3O5. The van der Waals surface area contributed by atoms with Gasteiger partial charge < -0.3 is 29.2 Å². The van der Waals surface area contributed by atoms with Gasteiger partial charge in [-0.2, -0.15) is 0 Å². The molecular weight excluding hydrogens is 388 g/mol. The van der Waals surface area contributed by atoms with Crippen LogP contribution in [-0.2, 0) is 9.57 Å². The Morgan fingerprint density at radius 1 is 1.07 bits per heavy atom. The average Bonchev–Trinajstić information content (AvgIpc) is 2.69. The third kappa shape index (κ3) is 5.68. The number of ether oxygens (including phenoxy) is 2. The number of carbonyl (C=O) groups excluding carboxylic acids is 1. The maximum atomic E-state index is 14.5. The van der Waals surface area contributed by atoms with E-state index in [1.54, 1.807) is 9.80 Å². The molecule has 2 aliphatic rings. The Kier molecular flexibility index (Phi) is 7.45. The number of piperidine rings is 1. The number of likely N-dealkylation sites (tertiary alicyclic amines) is 1. The summed E-state index contributed by atoms with van der Waals surface area (Å²) in [7, 11) is 1.52. The van der Waals surface area contributed by atoms with E-state index in [1.807, 2.05) is 0 Å². The Balaban J connectivity index is 1.52. The first-order chi connectivity index (χ1) is 14.0. The Morgan fingerprint density at radius 2 is 1.69 bits per heavy atom. The van der Waals surface area contributed by atoms with E-state index in [1.165, 1.54) is 12.2 Å². The van der Waals surface area contributed by atoms with Crippen LogP contribution in [0.3, 0.4) is 0 Å². The minimum absolute atomic E-state index is 0.111. The Morgan fingerprint density at radius 3 is 2.28 bits per heavy atom. The first-order valence-electron chi connectivity index (χ1n) is 9.73. The number of hydroxylamine groups is 2. The normalized spacial score (nSPS) is 18.8. The number of amides is 1. The minimum Gasteiger partial charge on any atom is -0.491 e. The van der Waals surface area contributed by atoms with Crippen molar-refractivity contribution < 1.29 is 33.0 Å². The Labute approximate surface area is 168 Å². The van der Waals surface area contributed by atoms with Gasteiger partial charge in [0.2, 0.25) is 0 Å². The van der Waals surface area contributed by atoms with Gasteiger partial charge in [-0.05, 0) is 12.8 Å². The number of hydrogen-bond donors (Lipinski definition) is 1. The second-order valence-electron chi connectivity index (χ2n) is 7.07. The van der Waals surface area contributed by atoms with E-state index in [0.29, 0.717) is 58.7 Å². The number of rotatable bonds is 6. The van der Waals surface area contributed by atoms with Gasteiger partial charge in [0.1, 0.15) is 18.0 Å². The molecule has 162 valence electrons. The molecule has 1 aromatic rings. The van der Waals surface area contributed by atoms with Gasteiger partial charge in [0, 0.05) is 45.4 Å². The Hall–Kier alpha value is -2.17. The van der Waals surface area contributed by atoms with Gasteiger partial charge in [-0.25, -0.2) is 13.6 Å². The van der Waals surface area contributed by atoms with E-state index in [-0.39, 0.29) is 24.1 Å². The molecule has 0 bridgehead atoms. The second-order valence-corrected chi connectivity index (χ2v) is 7.07. The number of halogens is 2. The number of piperazine rings is 1. The van der Waals surface area contributed by atoms with Gasteiger partial charge in [0.05, 0.1) is 25.8 Å². The topological polar surface area (TPSA) is 74.7 Å². The van der Waals surface area contributed by atoms with Gasteiger partial charge in [-0.1, -0.05) is 0 Å². The molecule has 0 saturated carbocycles. The fourth-order valence-electron chi connectivity index (χ4n) is 3.39. The summed E-state index contributed by atoms with van der Waals surface area (Å²) in [5.41, 5.74) is -0.111. The van der Waals surface area contributed by atoms with Crippen LogP contribution in [0, 0.1) is 11.6 Å². The van der Waals surface area contributed by atoms with E-state index in [0.717, 1.165) is 12.1 Å². The summed E-state index contributed by atoms with van der Waals surface area (Å²) in [6, 6.07) is 2.32. The maximum absolute atomic E-state index is 14.5. The lowest BCUT2D eigenvalue weighted by atomic mass is 10.1.